The van der Waals surface area contributed by atoms with Crippen molar-refractivity contribution in [1.82, 2.24) is 9.88 Å². The summed E-state index contributed by atoms with van der Waals surface area (Å²) in [5.41, 5.74) is 2.18. The van der Waals surface area contributed by atoms with Gasteiger partial charge in [-0.3, -0.25) is 9.88 Å². The summed E-state index contributed by atoms with van der Waals surface area (Å²) >= 11 is 6.22. The lowest BCUT2D eigenvalue weighted by Gasteiger charge is -2.32. The molecule has 3 rings (SSSR count). The van der Waals surface area contributed by atoms with Crippen molar-refractivity contribution in [2.75, 3.05) is 20.2 Å². The van der Waals surface area contributed by atoms with E-state index in [2.05, 4.69) is 16.0 Å². The minimum atomic E-state index is 0.259. The Morgan fingerprint density at radius 1 is 1.29 bits per heavy atom. The van der Waals surface area contributed by atoms with Gasteiger partial charge < -0.3 is 9.47 Å². The van der Waals surface area contributed by atoms with Crippen molar-refractivity contribution >= 4 is 11.6 Å². The molecule has 1 aliphatic rings. The van der Waals surface area contributed by atoms with Gasteiger partial charge in [-0.05, 0) is 49.2 Å². The summed E-state index contributed by atoms with van der Waals surface area (Å²) in [5.74, 6) is 0.718. The van der Waals surface area contributed by atoms with E-state index in [4.69, 9.17) is 21.1 Å². The lowest BCUT2D eigenvalue weighted by molar-refractivity contribution is -0.0132. The van der Waals surface area contributed by atoms with E-state index in [1.165, 1.54) is 5.56 Å². The molecular weight excluding hydrogens is 324 g/mol. The first-order valence-electron chi connectivity index (χ1n) is 8.31. The van der Waals surface area contributed by atoms with Gasteiger partial charge in [0.2, 0.25) is 0 Å². The van der Waals surface area contributed by atoms with Crippen LogP contribution in [-0.4, -0.2) is 36.2 Å². The first-order chi connectivity index (χ1) is 11.7. The third-order valence-electron chi connectivity index (χ3n) is 4.28. The van der Waals surface area contributed by atoms with Crippen molar-refractivity contribution in [1.29, 1.82) is 0 Å². The Bertz CT molecular complexity index is 651. The van der Waals surface area contributed by atoms with Gasteiger partial charge in [-0.25, -0.2) is 0 Å². The molecular formula is C19H23ClN2O2. The number of likely N-dealkylation sites (tertiary alicyclic amines) is 1. The molecule has 2 aromatic rings. The number of benzene rings is 1. The van der Waals surface area contributed by atoms with Crippen molar-refractivity contribution < 1.29 is 9.47 Å². The van der Waals surface area contributed by atoms with Crippen LogP contribution in [0.5, 0.6) is 5.75 Å². The summed E-state index contributed by atoms with van der Waals surface area (Å²) in [6.45, 7) is 3.49. The minimum absolute atomic E-state index is 0.259. The van der Waals surface area contributed by atoms with Gasteiger partial charge in [0.05, 0.1) is 30.5 Å². The molecule has 0 bridgehead atoms. The maximum atomic E-state index is 6.22. The molecule has 0 N–H and O–H groups in total. The van der Waals surface area contributed by atoms with Crippen molar-refractivity contribution in [3.8, 4) is 5.75 Å². The molecule has 2 heterocycles. The van der Waals surface area contributed by atoms with Crippen molar-refractivity contribution in [2.24, 2.45) is 0 Å². The van der Waals surface area contributed by atoms with Gasteiger partial charge in [-0.1, -0.05) is 23.7 Å². The Labute approximate surface area is 148 Å². The SMILES string of the molecule is COc1ccc(CN2CCCC(OCc3ccccn3)C2)cc1Cl. The summed E-state index contributed by atoms with van der Waals surface area (Å²) in [6, 6.07) is 11.9. The molecule has 0 radical (unpaired) electrons. The van der Waals surface area contributed by atoms with Crippen LogP contribution < -0.4 is 4.74 Å². The monoisotopic (exact) mass is 346 g/mol. The second-order valence-corrected chi connectivity index (χ2v) is 6.51. The third-order valence-corrected chi connectivity index (χ3v) is 4.57. The molecule has 128 valence electrons. The highest BCUT2D eigenvalue weighted by Gasteiger charge is 2.21. The summed E-state index contributed by atoms with van der Waals surface area (Å²) in [7, 11) is 1.63. The predicted molar refractivity (Wildman–Crippen MR) is 95.3 cm³/mol. The number of ether oxygens (including phenoxy) is 2. The van der Waals surface area contributed by atoms with E-state index in [-0.39, 0.29) is 6.10 Å². The van der Waals surface area contributed by atoms with Gasteiger partial charge in [0.15, 0.2) is 0 Å². The van der Waals surface area contributed by atoms with Gasteiger partial charge in [0.1, 0.15) is 5.75 Å². The fourth-order valence-electron chi connectivity index (χ4n) is 3.05. The molecule has 0 spiro atoms. The molecule has 4 nitrogen and oxygen atoms in total. The highest BCUT2D eigenvalue weighted by atomic mass is 35.5. The summed E-state index contributed by atoms with van der Waals surface area (Å²) in [4.78, 5) is 6.73. The highest BCUT2D eigenvalue weighted by Crippen LogP contribution is 2.26. The second kappa shape index (κ2) is 8.47. The number of rotatable bonds is 6. The zero-order valence-electron chi connectivity index (χ0n) is 14.0. The van der Waals surface area contributed by atoms with Crippen molar-refractivity contribution in [3.05, 3.63) is 58.9 Å². The molecule has 24 heavy (non-hydrogen) atoms. The van der Waals surface area contributed by atoms with E-state index in [0.717, 1.165) is 43.9 Å². The molecule has 5 heteroatoms. The molecule has 1 atom stereocenters. The zero-order chi connectivity index (χ0) is 16.8. The minimum Gasteiger partial charge on any atom is -0.495 e. The molecule has 1 saturated heterocycles. The van der Waals surface area contributed by atoms with Crippen LogP contribution in [0.4, 0.5) is 0 Å². The van der Waals surface area contributed by atoms with Crippen LogP contribution >= 0.6 is 11.6 Å². The van der Waals surface area contributed by atoms with Gasteiger partial charge in [-0.2, -0.15) is 0 Å². The molecule has 1 aromatic heterocycles. The largest absolute Gasteiger partial charge is 0.495 e. The maximum Gasteiger partial charge on any atom is 0.137 e. The molecule has 0 saturated carbocycles. The van der Waals surface area contributed by atoms with Gasteiger partial charge in [0.25, 0.3) is 0 Å². The Morgan fingerprint density at radius 2 is 2.21 bits per heavy atom. The topological polar surface area (TPSA) is 34.6 Å². The Balaban J connectivity index is 1.52. The Morgan fingerprint density at radius 3 is 2.96 bits per heavy atom. The first kappa shape index (κ1) is 17.2. The Hall–Kier alpha value is -1.62. The number of halogens is 1. The molecule has 0 aliphatic carbocycles. The number of pyridine rings is 1. The smallest absolute Gasteiger partial charge is 0.137 e. The average Bonchev–Trinajstić information content (AvgIpc) is 2.61. The zero-order valence-corrected chi connectivity index (χ0v) is 14.7. The fourth-order valence-corrected chi connectivity index (χ4v) is 3.33. The van der Waals surface area contributed by atoms with E-state index >= 15 is 0 Å². The van der Waals surface area contributed by atoms with Crippen molar-refractivity contribution in [3.63, 3.8) is 0 Å². The van der Waals surface area contributed by atoms with Gasteiger partial charge >= 0.3 is 0 Å². The number of hydrogen-bond acceptors (Lipinski definition) is 4. The molecule has 1 unspecified atom stereocenters. The standard InChI is InChI=1S/C19H23ClN2O2/c1-23-19-8-7-15(11-18(19)20)12-22-10-4-6-17(13-22)24-14-16-5-2-3-9-21-16/h2-3,5,7-9,11,17H,4,6,10,12-14H2,1H3. The number of aromatic nitrogens is 1. The van der Waals surface area contributed by atoms with Crippen molar-refractivity contribution in [2.45, 2.75) is 32.1 Å². The average molecular weight is 347 g/mol. The van der Waals surface area contributed by atoms with Crippen LogP contribution in [0.1, 0.15) is 24.1 Å². The number of piperidine rings is 1. The van der Waals surface area contributed by atoms with Gasteiger partial charge in [0, 0.05) is 19.3 Å². The quantitative estimate of drug-likeness (QED) is 0.794. The van der Waals surface area contributed by atoms with Crippen LogP contribution in [0.3, 0.4) is 0 Å². The molecule has 1 aliphatic heterocycles. The third kappa shape index (κ3) is 4.69. The number of methoxy groups -OCH3 is 1. The first-order valence-corrected chi connectivity index (χ1v) is 8.68. The normalized spacial score (nSPS) is 18.5. The molecule has 1 aromatic carbocycles. The van der Waals surface area contributed by atoms with Crippen LogP contribution in [0.2, 0.25) is 5.02 Å². The maximum absolute atomic E-state index is 6.22. The lowest BCUT2D eigenvalue weighted by atomic mass is 10.1. The van der Waals surface area contributed by atoms with Gasteiger partial charge in [-0.15, -0.1) is 0 Å². The molecule has 1 fully saturated rings. The fraction of sp³-hybridized carbons (Fsp3) is 0.421. The number of hydrogen-bond donors (Lipinski definition) is 0. The van der Waals surface area contributed by atoms with E-state index in [0.29, 0.717) is 11.6 Å². The van der Waals surface area contributed by atoms with Crippen LogP contribution in [0.25, 0.3) is 0 Å². The van der Waals surface area contributed by atoms with Crippen LogP contribution in [-0.2, 0) is 17.9 Å². The summed E-state index contributed by atoms with van der Waals surface area (Å²) < 4.78 is 11.3. The second-order valence-electron chi connectivity index (χ2n) is 6.10. The highest BCUT2D eigenvalue weighted by molar-refractivity contribution is 6.32. The van der Waals surface area contributed by atoms with E-state index in [1.54, 1.807) is 13.3 Å². The number of nitrogens with zero attached hydrogens (tertiary/aromatic N) is 2. The predicted octanol–water partition coefficient (Wildman–Crippen LogP) is 3.92. The van der Waals surface area contributed by atoms with Crippen LogP contribution in [0.15, 0.2) is 42.6 Å². The molecule has 0 amide bonds. The van der Waals surface area contributed by atoms with E-state index in [9.17, 15) is 0 Å². The van der Waals surface area contributed by atoms with E-state index < -0.39 is 0 Å². The summed E-state index contributed by atoms with van der Waals surface area (Å²) in [5, 5.41) is 0.662. The van der Waals surface area contributed by atoms with Crippen LogP contribution in [0, 0.1) is 0 Å². The summed E-state index contributed by atoms with van der Waals surface area (Å²) in [6.07, 6.45) is 4.32. The lowest BCUT2D eigenvalue weighted by Crippen LogP contribution is -2.39. The Kier molecular flexibility index (Phi) is 6.07. The van der Waals surface area contributed by atoms with E-state index in [1.807, 2.05) is 30.3 Å².